The number of hydrogen-bond acceptors (Lipinski definition) is 4. The highest BCUT2D eigenvalue weighted by Crippen LogP contribution is 2.25. The third-order valence-corrected chi connectivity index (χ3v) is 5.84. The first-order valence-electron chi connectivity index (χ1n) is 7.76. The second-order valence-corrected chi connectivity index (χ2v) is 7.31. The van der Waals surface area contributed by atoms with E-state index in [0.29, 0.717) is 0 Å². The third kappa shape index (κ3) is 3.67. The van der Waals surface area contributed by atoms with Gasteiger partial charge in [-0.1, -0.05) is 13.0 Å². The molecule has 0 aliphatic heterocycles. The average Bonchev–Trinajstić information content (AvgIpc) is 2.52. The molecular weight excluding hydrogens is 302 g/mol. The number of ether oxygens (including phenoxy) is 1. The summed E-state index contributed by atoms with van der Waals surface area (Å²) in [6, 6.07) is 5.31. The van der Waals surface area contributed by atoms with Gasteiger partial charge in [-0.25, -0.2) is 8.42 Å². The molecule has 0 saturated heterocycles. The number of esters is 1. The average molecular weight is 325 g/mol. The molecule has 0 fully saturated rings. The van der Waals surface area contributed by atoms with Crippen molar-refractivity contribution < 1.29 is 17.9 Å². The Hall–Kier alpha value is -1.40. The minimum atomic E-state index is -3.67. The van der Waals surface area contributed by atoms with Crippen LogP contribution in [0.4, 0.5) is 0 Å². The van der Waals surface area contributed by atoms with E-state index >= 15 is 0 Å². The van der Waals surface area contributed by atoms with Gasteiger partial charge in [0.25, 0.3) is 0 Å². The highest BCUT2D eigenvalue weighted by Gasteiger charge is 2.26. The normalized spacial score (nSPS) is 14.7. The summed E-state index contributed by atoms with van der Waals surface area (Å²) in [4.78, 5) is 11.9. The van der Waals surface area contributed by atoms with E-state index in [0.717, 1.165) is 35.6 Å². The summed E-state index contributed by atoms with van der Waals surface area (Å²) in [7, 11) is -3.67. The van der Waals surface area contributed by atoms with Crippen LogP contribution in [0.25, 0.3) is 0 Å². The maximum atomic E-state index is 12.7. The summed E-state index contributed by atoms with van der Waals surface area (Å²) in [5, 5.41) is 0. The van der Waals surface area contributed by atoms with E-state index in [-0.39, 0.29) is 24.6 Å². The second kappa shape index (κ2) is 7.24. The van der Waals surface area contributed by atoms with Crippen molar-refractivity contribution in [2.24, 2.45) is 0 Å². The van der Waals surface area contributed by atoms with E-state index in [2.05, 4.69) is 0 Å². The molecule has 22 heavy (non-hydrogen) atoms. The number of rotatable bonds is 6. The molecule has 0 radical (unpaired) electrons. The molecule has 0 bridgehead atoms. The van der Waals surface area contributed by atoms with Crippen LogP contribution in [0.1, 0.15) is 37.8 Å². The first kappa shape index (κ1) is 17.0. The van der Waals surface area contributed by atoms with Crippen LogP contribution < -0.4 is 0 Å². The van der Waals surface area contributed by atoms with E-state index in [9.17, 15) is 13.2 Å². The molecule has 122 valence electrons. The topological polar surface area (TPSA) is 63.7 Å². The number of likely N-dealkylation sites (N-methyl/N-ethyl adjacent to an activating group) is 1. The molecule has 0 aromatic heterocycles. The standard InChI is InChI=1S/C16H23NO4S/c1-3-17(12-16(18)21-4-2)22(19,20)15-10-9-13-7-5-6-8-14(13)11-15/h9-11H,3-8,12H2,1-2H3. The van der Waals surface area contributed by atoms with Crippen molar-refractivity contribution in [3.8, 4) is 0 Å². The number of fused-ring (bicyclic) bond motifs is 1. The van der Waals surface area contributed by atoms with Gasteiger partial charge >= 0.3 is 5.97 Å². The van der Waals surface area contributed by atoms with E-state index < -0.39 is 16.0 Å². The maximum absolute atomic E-state index is 12.7. The molecular formula is C16H23NO4S. The molecule has 0 amide bonds. The van der Waals surface area contributed by atoms with Crippen molar-refractivity contribution in [1.29, 1.82) is 0 Å². The zero-order valence-electron chi connectivity index (χ0n) is 13.2. The number of sulfonamides is 1. The van der Waals surface area contributed by atoms with Crippen molar-refractivity contribution >= 4 is 16.0 Å². The number of carbonyl (C=O) groups excluding carboxylic acids is 1. The van der Waals surface area contributed by atoms with Crippen LogP contribution >= 0.6 is 0 Å². The molecule has 6 heteroatoms. The van der Waals surface area contributed by atoms with Crippen molar-refractivity contribution in [2.75, 3.05) is 19.7 Å². The third-order valence-electron chi connectivity index (χ3n) is 3.92. The van der Waals surface area contributed by atoms with E-state index in [1.54, 1.807) is 26.0 Å². The van der Waals surface area contributed by atoms with E-state index in [4.69, 9.17) is 4.74 Å². The summed E-state index contributed by atoms with van der Waals surface area (Å²) < 4.78 is 31.4. The van der Waals surface area contributed by atoms with Crippen LogP contribution in [0.5, 0.6) is 0 Å². The second-order valence-electron chi connectivity index (χ2n) is 5.37. The maximum Gasteiger partial charge on any atom is 0.321 e. The SMILES string of the molecule is CCOC(=O)CN(CC)S(=O)(=O)c1ccc2c(c1)CCCC2. The molecule has 5 nitrogen and oxygen atoms in total. The van der Waals surface area contributed by atoms with Crippen LogP contribution in [0.15, 0.2) is 23.1 Å². The lowest BCUT2D eigenvalue weighted by Gasteiger charge is -2.21. The first-order valence-corrected chi connectivity index (χ1v) is 9.20. The summed E-state index contributed by atoms with van der Waals surface area (Å²) >= 11 is 0. The van der Waals surface area contributed by atoms with Gasteiger partial charge in [-0.2, -0.15) is 4.31 Å². The molecule has 0 atom stereocenters. The molecule has 0 N–H and O–H groups in total. The summed E-state index contributed by atoms with van der Waals surface area (Å²) in [5.74, 6) is -0.522. The van der Waals surface area contributed by atoms with Crippen molar-refractivity contribution in [1.82, 2.24) is 4.31 Å². The molecule has 2 rings (SSSR count). The molecule has 0 spiro atoms. The molecule has 0 unspecified atom stereocenters. The lowest BCUT2D eigenvalue weighted by Crippen LogP contribution is -2.36. The van der Waals surface area contributed by atoms with Crippen LogP contribution in [0.3, 0.4) is 0 Å². The summed E-state index contributed by atoms with van der Waals surface area (Å²) in [6.07, 6.45) is 4.18. The van der Waals surface area contributed by atoms with E-state index in [1.165, 1.54) is 5.56 Å². The molecule has 1 aliphatic carbocycles. The van der Waals surface area contributed by atoms with E-state index in [1.807, 2.05) is 6.07 Å². The Morgan fingerprint density at radius 2 is 1.86 bits per heavy atom. The van der Waals surface area contributed by atoms with Gasteiger partial charge in [0.05, 0.1) is 11.5 Å². The molecule has 0 heterocycles. The quantitative estimate of drug-likeness (QED) is 0.752. The Balaban J connectivity index is 2.26. The summed E-state index contributed by atoms with van der Waals surface area (Å²) in [6.45, 7) is 3.65. The molecule has 1 aromatic carbocycles. The van der Waals surface area contributed by atoms with Gasteiger partial charge in [-0.05, 0) is 55.9 Å². The largest absolute Gasteiger partial charge is 0.465 e. The molecule has 1 aliphatic rings. The Kier molecular flexibility index (Phi) is 5.58. The van der Waals surface area contributed by atoms with Crippen molar-refractivity contribution in [3.63, 3.8) is 0 Å². The highest BCUT2D eigenvalue weighted by atomic mass is 32.2. The fraction of sp³-hybridized carbons (Fsp3) is 0.562. The monoisotopic (exact) mass is 325 g/mol. The van der Waals surface area contributed by atoms with Gasteiger partial charge in [0, 0.05) is 6.54 Å². The predicted octanol–water partition coefficient (Wildman–Crippen LogP) is 2.14. The van der Waals surface area contributed by atoms with Crippen molar-refractivity contribution in [2.45, 2.75) is 44.4 Å². The lowest BCUT2D eigenvalue weighted by molar-refractivity contribution is -0.143. The number of benzene rings is 1. The number of carbonyl (C=O) groups is 1. The minimum Gasteiger partial charge on any atom is -0.465 e. The number of hydrogen-bond donors (Lipinski definition) is 0. The first-order chi connectivity index (χ1) is 10.5. The Bertz CT molecular complexity index is 640. The van der Waals surface area contributed by atoms with Gasteiger partial charge < -0.3 is 4.74 Å². The van der Waals surface area contributed by atoms with Gasteiger partial charge in [0.1, 0.15) is 6.54 Å². The minimum absolute atomic E-state index is 0.234. The fourth-order valence-corrected chi connectivity index (χ4v) is 4.18. The number of nitrogens with zero attached hydrogens (tertiary/aromatic N) is 1. The van der Waals surface area contributed by atoms with Gasteiger partial charge in [-0.15, -0.1) is 0 Å². The summed E-state index contributed by atoms with van der Waals surface area (Å²) in [5.41, 5.74) is 2.35. The van der Waals surface area contributed by atoms with Gasteiger partial charge in [-0.3, -0.25) is 4.79 Å². The zero-order valence-corrected chi connectivity index (χ0v) is 14.0. The molecule has 1 aromatic rings. The molecule has 0 saturated carbocycles. The predicted molar refractivity (Wildman–Crippen MR) is 84.1 cm³/mol. The Labute approximate surface area is 132 Å². The number of aryl methyl sites for hydroxylation is 2. The zero-order chi connectivity index (χ0) is 16.2. The van der Waals surface area contributed by atoms with Gasteiger partial charge in [0.2, 0.25) is 10.0 Å². The van der Waals surface area contributed by atoms with Gasteiger partial charge in [0.15, 0.2) is 0 Å². The Morgan fingerprint density at radius 1 is 1.18 bits per heavy atom. The van der Waals surface area contributed by atoms with Crippen LogP contribution in [0, 0.1) is 0 Å². The highest BCUT2D eigenvalue weighted by molar-refractivity contribution is 7.89. The van der Waals surface area contributed by atoms with Crippen LogP contribution in [0.2, 0.25) is 0 Å². The lowest BCUT2D eigenvalue weighted by atomic mass is 9.92. The van der Waals surface area contributed by atoms with Crippen LogP contribution in [-0.4, -0.2) is 38.4 Å². The van der Waals surface area contributed by atoms with Crippen molar-refractivity contribution in [3.05, 3.63) is 29.3 Å². The van der Waals surface area contributed by atoms with Crippen LogP contribution in [-0.2, 0) is 32.4 Å². The fourth-order valence-electron chi connectivity index (χ4n) is 2.74. The Morgan fingerprint density at radius 3 is 2.50 bits per heavy atom. The smallest absolute Gasteiger partial charge is 0.321 e.